The minimum atomic E-state index is -0.473. The van der Waals surface area contributed by atoms with E-state index >= 15 is 0 Å². The largest absolute Gasteiger partial charge is 0.366 e. The van der Waals surface area contributed by atoms with E-state index in [1.165, 1.54) is 0 Å². The number of carbonyl (C=O) groups excluding carboxylic acids is 3. The fourth-order valence-electron chi connectivity index (χ4n) is 2.29. The Labute approximate surface area is 123 Å². The molecule has 3 amide bonds. The van der Waals surface area contributed by atoms with Gasteiger partial charge >= 0.3 is 6.03 Å². The van der Waals surface area contributed by atoms with Gasteiger partial charge in [-0.3, -0.25) is 9.59 Å². The summed E-state index contributed by atoms with van der Waals surface area (Å²) in [4.78, 5) is 33.8. The van der Waals surface area contributed by atoms with Crippen LogP contribution < -0.4 is 16.4 Å². The first-order valence-electron chi connectivity index (χ1n) is 6.99. The fraction of sp³-hybridized carbons (Fsp3) is 0.400. The first-order valence-corrected chi connectivity index (χ1v) is 6.99. The molecule has 0 bridgehead atoms. The summed E-state index contributed by atoms with van der Waals surface area (Å²) in [5.41, 5.74) is 6.48. The molecule has 6 heteroatoms. The quantitative estimate of drug-likeness (QED) is 0.773. The Morgan fingerprint density at radius 1 is 1.14 bits per heavy atom. The van der Waals surface area contributed by atoms with Crippen molar-refractivity contribution in [2.24, 2.45) is 5.73 Å². The highest BCUT2D eigenvalue weighted by Crippen LogP contribution is 2.14. The van der Waals surface area contributed by atoms with Crippen molar-refractivity contribution in [1.82, 2.24) is 10.6 Å². The van der Waals surface area contributed by atoms with Gasteiger partial charge in [-0.25, -0.2) is 4.79 Å². The Morgan fingerprint density at radius 2 is 1.76 bits per heavy atom. The number of amides is 3. The van der Waals surface area contributed by atoms with Crippen LogP contribution in [-0.4, -0.2) is 23.8 Å². The average Bonchev–Trinajstić information content (AvgIpc) is 2.48. The Hall–Kier alpha value is -2.37. The third kappa shape index (κ3) is 4.59. The van der Waals surface area contributed by atoms with Crippen LogP contribution >= 0.6 is 0 Å². The van der Waals surface area contributed by atoms with Gasteiger partial charge in [-0.05, 0) is 30.5 Å². The van der Waals surface area contributed by atoms with Gasteiger partial charge in [-0.2, -0.15) is 0 Å². The van der Waals surface area contributed by atoms with Gasteiger partial charge in [0.15, 0.2) is 0 Å². The van der Waals surface area contributed by atoms with Crippen molar-refractivity contribution in [3.8, 4) is 0 Å². The summed E-state index contributed by atoms with van der Waals surface area (Å²) in [6, 6.07) is 6.58. The molecule has 0 radical (unpaired) electrons. The molecular formula is C15H19N3O3. The molecule has 0 aromatic heterocycles. The smallest absolute Gasteiger partial charge is 0.315 e. The molecule has 0 heterocycles. The predicted molar refractivity (Wildman–Crippen MR) is 77.6 cm³/mol. The lowest BCUT2D eigenvalue weighted by Gasteiger charge is -2.22. The summed E-state index contributed by atoms with van der Waals surface area (Å²) in [6.45, 7) is 0.372. The Bertz CT molecular complexity index is 530. The molecule has 1 aromatic rings. The molecule has 0 spiro atoms. The molecule has 21 heavy (non-hydrogen) atoms. The maximum Gasteiger partial charge on any atom is 0.315 e. The molecule has 6 nitrogen and oxygen atoms in total. The van der Waals surface area contributed by atoms with Crippen LogP contribution in [0.15, 0.2) is 24.3 Å². The Balaban J connectivity index is 1.75. The summed E-state index contributed by atoms with van der Waals surface area (Å²) in [5.74, 6) is -0.206. The highest BCUT2D eigenvalue weighted by molar-refractivity contribution is 5.92. The van der Waals surface area contributed by atoms with Gasteiger partial charge in [0.25, 0.3) is 0 Å². The van der Waals surface area contributed by atoms with Crippen molar-refractivity contribution in [2.45, 2.75) is 38.3 Å². The number of Topliss-reactive ketones (excluding diaryl/α,β-unsaturated/α-hetero) is 1. The number of hydrogen-bond acceptors (Lipinski definition) is 3. The minimum absolute atomic E-state index is 0.0694. The number of benzene rings is 1. The zero-order chi connectivity index (χ0) is 15.2. The molecule has 0 atom stereocenters. The number of carbonyl (C=O) groups is 3. The van der Waals surface area contributed by atoms with E-state index in [4.69, 9.17) is 5.73 Å². The Morgan fingerprint density at radius 3 is 2.33 bits per heavy atom. The molecule has 0 unspecified atom stereocenters. The number of rotatable bonds is 4. The lowest BCUT2D eigenvalue weighted by molar-refractivity contribution is -0.120. The predicted octanol–water partition coefficient (Wildman–Crippen LogP) is 1.10. The second kappa shape index (κ2) is 6.88. The standard InChI is InChI=1S/C15H19N3O3/c16-14(20)11-3-1-10(2-4-11)9-17-15(21)18-12-5-7-13(19)8-6-12/h1-4,12H,5-9H2,(H2,16,20)(H2,17,18,21). The third-order valence-electron chi connectivity index (χ3n) is 3.57. The molecule has 1 aliphatic rings. The monoisotopic (exact) mass is 289 g/mol. The highest BCUT2D eigenvalue weighted by Gasteiger charge is 2.19. The maximum absolute atomic E-state index is 11.8. The van der Waals surface area contributed by atoms with E-state index in [0.29, 0.717) is 37.8 Å². The molecule has 0 saturated heterocycles. The van der Waals surface area contributed by atoms with Crippen molar-refractivity contribution < 1.29 is 14.4 Å². The van der Waals surface area contributed by atoms with Crippen molar-refractivity contribution in [3.05, 3.63) is 35.4 Å². The van der Waals surface area contributed by atoms with Crippen molar-refractivity contribution >= 4 is 17.7 Å². The molecule has 1 fully saturated rings. The normalized spacial score (nSPS) is 15.5. The van der Waals surface area contributed by atoms with Gasteiger partial charge < -0.3 is 16.4 Å². The summed E-state index contributed by atoms with van der Waals surface area (Å²) in [6.07, 6.45) is 2.50. The Kier molecular flexibility index (Phi) is 4.92. The van der Waals surface area contributed by atoms with E-state index in [1.54, 1.807) is 24.3 Å². The SMILES string of the molecule is NC(=O)c1ccc(CNC(=O)NC2CCC(=O)CC2)cc1. The van der Waals surface area contributed by atoms with Gasteiger partial charge in [0.2, 0.25) is 5.91 Å². The maximum atomic E-state index is 11.8. The molecule has 2 rings (SSSR count). The molecule has 4 N–H and O–H groups in total. The summed E-state index contributed by atoms with van der Waals surface area (Å²) in [5, 5.41) is 5.62. The van der Waals surface area contributed by atoms with E-state index in [2.05, 4.69) is 10.6 Å². The number of hydrogen-bond donors (Lipinski definition) is 3. The van der Waals surface area contributed by atoms with Crippen LogP contribution in [-0.2, 0) is 11.3 Å². The lowest BCUT2D eigenvalue weighted by atomic mass is 9.94. The molecule has 112 valence electrons. The zero-order valence-corrected chi connectivity index (χ0v) is 11.7. The molecule has 1 aliphatic carbocycles. The molecular weight excluding hydrogens is 270 g/mol. The number of primary amides is 1. The van der Waals surface area contributed by atoms with Crippen LogP contribution in [0.2, 0.25) is 0 Å². The highest BCUT2D eigenvalue weighted by atomic mass is 16.2. The summed E-state index contributed by atoms with van der Waals surface area (Å²) in [7, 11) is 0. The van der Waals surface area contributed by atoms with Gasteiger partial charge in [-0.1, -0.05) is 12.1 Å². The first kappa shape index (κ1) is 15.0. The minimum Gasteiger partial charge on any atom is -0.366 e. The zero-order valence-electron chi connectivity index (χ0n) is 11.7. The number of urea groups is 1. The van der Waals surface area contributed by atoms with E-state index in [-0.39, 0.29) is 17.9 Å². The van der Waals surface area contributed by atoms with Crippen LogP contribution in [0, 0.1) is 0 Å². The van der Waals surface area contributed by atoms with Gasteiger partial charge in [0.1, 0.15) is 5.78 Å². The van der Waals surface area contributed by atoms with E-state index in [1.807, 2.05) is 0 Å². The first-order chi connectivity index (χ1) is 10.0. The van der Waals surface area contributed by atoms with Gasteiger partial charge in [-0.15, -0.1) is 0 Å². The van der Waals surface area contributed by atoms with Crippen LogP contribution in [0.4, 0.5) is 4.79 Å². The summed E-state index contributed by atoms with van der Waals surface area (Å²) >= 11 is 0. The van der Waals surface area contributed by atoms with Crippen molar-refractivity contribution in [3.63, 3.8) is 0 Å². The van der Waals surface area contributed by atoms with Gasteiger partial charge in [0, 0.05) is 31.0 Å². The number of nitrogens with two attached hydrogens (primary N) is 1. The number of nitrogens with one attached hydrogen (secondary N) is 2. The lowest BCUT2D eigenvalue weighted by Crippen LogP contribution is -2.43. The molecule has 0 aliphatic heterocycles. The second-order valence-corrected chi connectivity index (χ2v) is 5.20. The van der Waals surface area contributed by atoms with Crippen LogP contribution in [0.3, 0.4) is 0 Å². The number of ketones is 1. The van der Waals surface area contributed by atoms with E-state index in [0.717, 1.165) is 5.56 Å². The fourth-order valence-corrected chi connectivity index (χ4v) is 2.29. The topological polar surface area (TPSA) is 101 Å². The third-order valence-corrected chi connectivity index (χ3v) is 3.57. The van der Waals surface area contributed by atoms with Crippen LogP contribution in [0.5, 0.6) is 0 Å². The average molecular weight is 289 g/mol. The second-order valence-electron chi connectivity index (χ2n) is 5.20. The van der Waals surface area contributed by atoms with Crippen LogP contribution in [0.25, 0.3) is 0 Å². The van der Waals surface area contributed by atoms with Gasteiger partial charge in [0.05, 0.1) is 0 Å². The molecule has 1 saturated carbocycles. The van der Waals surface area contributed by atoms with Crippen molar-refractivity contribution in [1.29, 1.82) is 0 Å². The van der Waals surface area contributed by atoms with E-state index in [9.17, 15) is 14.4 Å². The molecule has 1 aromatic carbocycles. The van der Waals surface area contributed by atoms with E-state index < -0.39 is 5.91 Å². The van der Waals surface area contributed by atoms with Crippen molar-refractivity contribution in [2.75, 3.05) is 0 Å². The van der Waals surface area contributed by atoms with Crippen LogP contribution in [0.1, 0.15) is 41.6 Å². The summed E-state index contributed by atoms with van der Waals surface area (Å²) < 4.78 is 0.